The zero-order chi connectivity index (χ0) is 21.0. The van der Waals surface area contributed by atoms with Gasteiger partial charge in [-0.2, -0.15) is 10.4 Å². The van der Waals surface area contributed by atoms with Crippen LogP contribution in [-0.4, -0.2) is 41.3 Å². The van der Waals surface area contributed by atoms with Crippen LogP contribution in [0.15, 0.2) is 54.6 Å². The van der Waals surface area contributed by atoms with Gasteiger partial charge in [0.1, 0.15) is 18.1 Å². The quantitative estimate of drug-likeness (QED) is 0.471. The summed E-state index contributed by atoms with van der Waals surface area (Å²) in [4.78, 5) is 2.52. The van der Waals surface area contributed by atoms with Crippen molar-refractivity contribution >= 4 is 21.7 Å². The van der Waals surface area contributed by atoms with E-state index in [1.54, 1.807) is 0 Å². The number of benzene rings is 3. The molecule has 0 atom stereocenters. The van der Waals surface area contributed by atoms with Crippen LogP contribution in [0.2, 0.25) is 0 Å². The molecule has 1 saturated heterocycles. The van der Waals surface area contributed by atoms with E-state index in [2.05, 4.69) is 45.4 Å². The molecule has 2 heterocycles. The third kappa shape index (κ3) is 4.12. The summed E-state index contributed by atoms with van der Waals surface area (Å²) >= 11 is 0. The molecule has 0 spiro atoms. The maximum Gasteiger partial charge on any atom is 0.120 e. The average molecular weight is 411 g/mol. The lowest BCUT2D eigenvalue weighted by Gasteiger charge is -2.19. The number of nitriles is 1. The first-order valence-electron chi connectivity index (χ1n) is 11.1. The first-order chi connectivity index (χ1) is 15.3. The number of aromatic nitrogens is 2. The number of likely N-dealkylation sites (tertiary alicyclic amines) is 1. The fourth-order valence-electron chi connectivity index (χ4n) is 4.50. The van der Waals surface area contributed by atoms with Crippen molar-refractivity contribution in [3.8, 4) is 23.1 Å². The maximum absolute atomic E-state index is 9.27. The third-order valence-corrected chi connectivity index (χ3v) is 6.17. The van der Waals surface area contributed by atoms with Gasteiger partial charge in [-0.05, 0) is 67.0 Å². The molecule has 5 heteroatoms. The van der Waals surface area contributed by atoms with Gasteiger partial charge in [0, 0.05) is 17.5 Å². The summed E-state index contributed by atoms with van der Waals surface area (Å²) in [5.74, 6) is 0.901. The van der Waals surface area contributed by atoms with E-state index in [0.29, 0.717) is 12.2 Å². The molecule has 3 aromatic carbocycles. The van der Waals surface area contributed by atoms with Crippen molar-refractivity contribution < 1.29 is 4.74 Å². The van der Waals surface area contributed by atoms with Crippen molar-refractivity contribution in [3.05, 3.63) is 60.2 Å². The van der Waals surface area contributed by atoms with Crippen LogP contribution >= 0.6 is 0 Å². The topological polar surface area (TPSA) is 64.9 Å². The second-order valence-corrected chi connectivity index (χ2v) is 8.24. The number of hydrogen-bond donors (Lipinski definition) is 1. The number of ether oxygens (including phenoxy) is 1. The van der Waals surface area contributed by atoms with Gasteiger partial charge >= 0.3 is 0 Å². The van der Waals surface area contributed by atoms with E-state index in [1.165, 1.54) is 38.8 Å². The minimum Gasteiger partial charge on any atom is -0.492 e. The molecule has 1 fully saturated rings. The molecule has 0 radical (unpaired) electrons. The SMILES string of the molecule is N#Cc1ccc2[nH]nc(-c3cccc4cc(OCCN5CCCCCC5)ccc34)c2c1. The summed E-state index contributed by atoms with van der Waals surface area (Å²) in [6, 6.07) is 20.3. The minimum absolute atomic E-state index is 0.635. The number of fused-ring (bicyclic) bond motifs is 2. The number of rotatable bonds is 5. The van der Waals surface area contributed by atoms with Crippen LogP contribution in [0.4, 0.5) is 0 Å². The van der Waals surface area contributed by atoms with Gasteiger partial charge in [-0.25, -0.2) is 0 Å². The molecule has 0 bridgehead atoms. The molecule has 5 rings (SSSR count). The second-order valence-electron chi connectivity index (χ2n) is 8.24. The molecule has 1 aliphatic rings. The number of nitrogens with zero attached hydrogens (tertiary/aromatic N) is 3. The number of H-pyrrole nitrogens is 1. The van der Waals surface area contributed by atoms with Gasteiger partial charge in [0.15, 0.2) is 0 Å². The zero-order valence-corrected chi connectivity index (χ0v) is 17.6. The molecule has 0 unspecified atom stereocenters. The monoisotopic (exact) mass is 410 g/mol. The van der Waals surface area contributed by atoms with Gasteiger partial charge in [0.05, 0.1) is 17.1 Å². The van der Waals surface area contributed by atoms with E-state index in [0.717, 1.165) is 45.2 Å². The molecule has 1 aliphatic heterocycles. The Bertz CT molecular complexity index is 1250. The van der Waals surface area contributed by atoms with Crippen molar-refractivity contribution in [1.82, 2.24) is 15.1 Å². The lowest BCUT2D eigenvalue weighted by Crippen LogP contribution is -2.29. The second kappa shape index (κ2) is 8.79. The van der Waals surface area contributed by atoms with Gasteiger partial charge in [-0.15, -0.1) is 0 Å². The molecule has 156 valence electrons. The van der Waals surface area contributed by atoms with E-state index in [9.17, 15) is 5.26 Å². The lowest BCUT2D eigenvalue weighted by molar-refractivity contribution is 0.214. The summed E-state index contributed by atoms with van der Waals surface area (Å²) < 4.78 is 6.09. The Balaban J connectivity index is 1.39. The molecular weight excluding hydrogens is 384 g/mol. The van der Waals surface area contributed by atoms with Gasteiger partial charge in [-0.1, -0.05) is 37.1 Å². The summed E-state index contributed by atoms with van der Waals surface area (Å²) in [5.41, 5.74) is 3.48. The van der Waals surface area contributed by atoms with Crippen molar-refractivity contribution in [2.75, 3.05) is 26.2 Å². The van der Waals surface area contributed by atoms with Crippen molar-refractivity contribution in [3.63, 3.8) is 0 Å². The first kappa shape index (κ1) is 19.6. The fraction of sp³-hybridized carbons (Fsp3) is 0.308. The molecule has 0 saturated carbocycles. The Hall–Kier alpha value is -3.36. The van der Waals surface area contributed by atoms with Gasteiger partial charge < -0.3 is 4.74 Å². The minimum atomic E-state index is 0.635. The standard InChI is InChI=1S/C26H26N4O/c27-18-19-8-11-25-24(16-19)26(29-28-25)23-7-5-6-20-17-21(9-10-22(20)23)31-15-14-30-12-3-1-2-4-13-30/h5-11,16-17H,1-4,12-15H2,(H,28,29). The first-order valence-corrected chi connectivity index (χ1v) is 11.1. The summed E-state index contributed by atoms with van der Waals surface area (Å²) in [6.07, 6.45) is 5.31. The Morgan fingerprint density at radius 1 is 0.968 bits per heavy atom. The van der Waals surface area contributed by atoms with E-state index in [-0.39, 0.29) is 0 Å². The number of hydrogen-bond acceptors (Lipinski definition) is 4. The highest BCUT2D eigenvalue weighted by Gasteiger charge is 2.13. The predicted octanol–water partition coefficient (Wildman–Crippen LogP) is 5.51. The van der Waals surface area contributed by atoms with Crippen LogP contribution in [0, 0.1) is 11.3 Å². The molecule has 5 nitrogen and oxygen atoms in total. The lowest BCUT2D eigenvalue weighted by atomic mass is 9.99. The van der Waals surface area contributed by atoms with Gasteiger partial charge in [0.2, 0.25) is 0 Å². The Morgan fingerprint density at radius 3 is 2.68 bits per heavy atom. The molecule has 4 aromatic rings. The normalized spacial score (nSPS) is 15.1. The molecule has 31 heavy (non-hydrogen) atoms. The predicted molar refractivity (Wildman–Crippen MR) is 124 cm³/mol. The molecule has 0 aliphatic carbocycles. The van der Waals surface area contributed by atoms with Crippen molar-refractivity contribution in [2.45, 2.75) is 25.7 Å². The highest BCUT2D eigenvalue weighted by Crippen LogP contribution is 2.34. The van der Waals surface area contributed by atoms with Crippen LogP contribution in [0.3, 0.4) is 0 Å². The van der Waals surface area contributed by atoms with Crippen LogP contribution < -0.4 is 4.74 Å². The average Bonchev–Trinajstić information content (AvgIpc) is 3.05. The molecule has 1 aromatic heterocycles. The Labute approximate surface area is 182 Å². The van der Waals surface area contributed by atoms with E-state index in [1.807, 2.05) is 30.3 Å². The summed E-state index contributed by atoms with van der Waals surface area (Å²) in [5, 5.41) is 20.1. The zero-order valence-electron chi connectivity index (χ0n) is 17.6. The fourth-order valence-corrected chi connectivity index (χ4v) is 4.50. The van der Waals surface area contributed by atoms with Crippen LogP contribution in [0.1, 0.15) is 31.2 Å². The van der Waals surface area contributed by atoms with E-state index >= 15 is 0 Å². The Morgan fingerprint density at radius 2 is 1.84 bits per heavy atom. The van der Waals surface area contributed by atoms with E-state index in [4.69, 9.17) is 4.74 Å². The summed E-state index contributed by atoms with van der Waals surface area (Å²) in [6.45, 7) is 4.08. The number of aromatic amines is 1. The van der Waals surface area contributed by atoms with E-state index < -0.39 is 0 Å². The molecule has 1 N–H and O–H groups in total. The molecule has 0 amide bonds. The maximum atomic E-state index is 9.27. The highest BCUT2D eigenvalue weighted by atomic mass is 16.5. The highest BCUT2D eigenvalue weighted by molar-refractivity contribution is 6.03. The van der Waals surface area contributed by atoms with Crippen LogP contribution in [-0.2, 0) is 0 Å². The largest absolute Gasteiger partial charge is 0.492 e. The van der Waals surface area contributed by atoms with Crippen molar-refractivity contribution in [2.24, 2.45) is 0 Å². The van der Waals surface area contributed by atoms with Crippen LogP contribution in [0.5, 0.6) is 5.75 Å². The van der Waals surface area contributed by atoms with Gasteiger partial charge in [-0.3, -0.25) is 10.00 Å². The summed E-state index contributed by atoms with van der Waals surface area (Å²) in [7, 11) is 0. The van der Waals surface area contributed by atoms with Crippen molar-refractivity contribution in [1.29, 1.82) is 5.26 Å². The van der Waals surface area contributed by atoms with Gasteiger partial charge in [0.25, 0.3) is 0 Å². The molecular formula is C26H26N4O. The smallest absolute Gasteiger partial charge is 0.120 e. The van der Waals surface area contributed by atoms with Crippen LogP contribution in [0.25, 0.3) is 32.9 Å². The Kier molecular flexibility index (Phi) is 5.56. The third-order valence-electron chi connectivity index (χ3n) is 6.17. The number of nitrogens with one attached hydrogen (secondary N) is 1.